The van der Waals surface area contributed by atoms with Crippen molar-refractivity contribution < 1.29 is 4.42 Å². The van der Waals surface area contributed by atoms with Crippen molar-refractivity contribution in [1.29, 1.82) is 0 Å². The minimum Gasteiger partial charge on any atom is -0.464 e. The van der Waals surface area contributed by atoms with Gasteiger partial charge >= 0.3 is 0 Å². The first kappa shape index (κ1) is 36.3. The number of rotatable bonds is 6. The molecule has 0 atom stereocenters. The van der Waals surface area contributed by atoms with Gasteiger partial charge in [0, 0.05) is 33.7 Å². The molecule has 300 valence electrons. The number of hydrogen-bond acceptors (Lipinski definition) is 3. The summed E-state index contributed by atoms with van der Waals surface area (Å²) in [6.07, 6.45) is 1.87. The van der Waals surface area contributed by atoms with E-state index in [1.165, 1.54) is 66.7 Å². The molecule has 2 heterocycles. The van der Waals surface area contributed by atoms with Crippen molar-refractivity contribution in [3.8, 4) is 33.4 Å². The zero-order valence-corrected chi connectivity index (χ0v) is 34.9. The van der Waals surface area contributed by atoms with Gasteiger partial charge < -0.3 is 14.2 Å². The van der Waals surface area contributed by atoms with Crippen LogP contribution in [0.2, 0.25) is 0 Å². The molecule has 0 saturated heterocycles. The fourth-order valence-corrected chi connectivity index (χ4v) is 10.7. The van der Waals surface area contributed by atoms with E-state index in [0.29, 0.717) is 0 Å². The van der Waals surface area contributed by atoms with Crippen LogP contribution >= 0.6 is 0 Å². The van der Waals surface area contributed by atoms with Gasteiger partial charge in [-0.3, -0.25) is 0 Å². The number of fused-ring (bicyclic) bond motifs is 11. The van der Waals surface area contributed by atoms with Crippen LogP contribution in [-0.4, -0.2) is 0 Å². The lowest BCUT2D eigenvalue weighted by Crippen LogP contribution is -2.36. The number of benzene rings is 10. The Balaban J connectivity index is 1.01. The molecule has 64 heavy (non-hydrogen) atoms. The SMILES string of the molecule is c1ccc(-c2ccc(N3c4ccccc4C4(c5ccccc5-c5ccc(N(c6ccc(-c7coc8ccccc78)cc6)c6ccc7ccccc7c6)cc54)c4ccccc43)cc2)cc1. The largest absolute Gasteiger partial charge is 0.464 e. The van der Waals surface area contributed by atoms with E-state index in [0.717, 1.165) is 44.8 Å². The Hall–Kier alpha value is -8.40. The number of anilines is 6. The maximum atomic E-state index is 5.97. The van der Waals surface area contributed by atoms with Crippen LogP contribution < -0.4 is 9.80 Å². The lowest BCUT2D eigenvalue weighted by Gasteiger charge is -2.45. The summed E-state index contributed by atoms with van der Waals surface area (Å²) in [5.41, 5.74) is 19.3. The normalized spacial score (nSPS) is 13.1. The number of hydrogen-bond donors (Lipinski definition) is 0. The molecule has 0 saturated carbocycles. The Bertz CT molecular complexity index is 3520. The predicted molar refractivity (Wildman–Crippen MR) is 265 cm³/mol. The van der Waals surface area contributed by atoms with Crippen molar-refractivity contribution in [2.24, 2.45) is 0 Å². The van der Waals surface area contributed by atoms with Gasteiger partial charge in [0.2, 0.25) is 0 Å². The highest BCUT2D eigenvalue weighted by atomic mass is 16.3. The average Bonchev–Trinajstić information content (AvgIpc) is 3.93. The molecule has 13 rings (SSSR count). The van der Waals surface area contributed by atoms with E-state index in [1.807, 2.05) is 18.4 Å². The lowest BCUT2D eigenvalue weighted by atomic mass is 9.64. The molecule has 0 amide bonds. The second-order valence-corrected chi connectivity index (χ2v) is 16.9. The smallest absolute Gasteiger partial charge is 0.134 e. The summed E-state index contributed by atoms with van der Waals surface area (Å²) in [5, 5.41) is 3.52. The van der Waals surface area contributed by atoms with E-state index < -0.39 is 5.41 Å². The minimum absolute atomic E-state index is 0.586. The molecular formula is C61H40N2O. The van der Waals surface area contributed by atoms with E-state index in [1.54, 1.807) is 0 Å². The zero-order chi connectivity index (χ0) is 42.2. The third-order valence-electron chi connectivity index (χ3n) is 13.5. The molecule has 11 aromatic rings. The minimum atomic E-state index is -0.586. The zero-order valence-electron chi connectivity index (χ0n) is 34.9. The summed E-state index contributed by atoms with van der Waals surface area (Å²) in [7, 11) is 0. The molecular weight excluding hydrogens is 777 g/mol. The maximum absolute atomic E-state index is 5.97. The molecule has 1 spiro atoms. The van der Waals surface area contributed by atoms with Crippen LogP contribution in [0, 0.1) is 0 Å². The highest BCUT2D eigenvalue weighted by molar-refractivity contribution is 5.98. The molecule has 0 fully saturated rings. The van der Waals surface area contributed by atoms with Crippen molar-refractivity contribution in [3.05, 3.63) is 265 Å². The van der Waals surface area contributed by atoms with Crippen molar-refractivity contribution >= 4 is 55.9 Å². The third-order valence-corrected chi connectivity index (χ3v) is 13.5. The van der Waals surface area contributed by atoms with Crippen molar-refractivity contribution in [2.45, 2.75) is 5.41 Å². The number of furan rings is 1. The number of nitrogens with zero attached hydrogens (tertiary/aromatic N) is 2. The summed E-state index contributed by atoms with van der Waals surface area (Å²) in [6, 6.07) is 86.5. The molecule has 3 heteroatoms. The fourth-order valence-electron chi connectivity index (χ4n) is 10.7. The fraction of sp³-hybridized carbons (Fsp3) is 0.0164. The summed E-state index contributed by atoms with van der Waals surface area (Å²) < 4.78 is 5.97. The summed E-state index contributed by atoms with van der Waals surface area (Å²) in [6.45, 7) is 0. The van der Waals surface area contributed by atoms with Crippen LogP contribution in [0.5, 0.6) is 0 Å². The van der Waals surface area contributed by atoms with Crippen molar-refractivity contribution in [2.75, 3.05) is 9.80 Å². The third kappa shape index (κ3) is 5.41. The van der Waals surface area contributed by atoms with E-state index in [2.05, 4.69) is 234 Å². The summed E-state index contributed by atoms with van der Waals surface area (Å²) in [4.78, 5) is 4.88. The van der Waals surface area contributed by atoms with Crippen molar-refractivity contribution in [1.82, 2.24) is 0 Å². The molecule has 0 N–H and O–H groups in total. The Morgan fingerprint density at radius 2 is 0.922 bits per heavy atom. The lowest BCUT2D eigenvalue weighted by molar-refractivity contribution is 0.617. The Morgan fingerprint density at radius 1 is 0.359 bits per heavy atom. The molecule has 1 aromatic heterocycles. The standard InChI is InChI=1S/C61H40N2O/c1-2-14-41(15-3-1)43-26-31-47(32-27-43)63-58-23-11-9-21-55(58)61(56-22-10-12-24-59(56)63)54-20-8-6-18-50(54)51-37-36-49(39-57(51)61)62(48-35-28-42-16-4-5-17-45(42)38-48)46-33-29-44(30-34-46)53-40-64-60-25-13-7-19-52(53)60/h1-40H. The first-order chi connectivity index (χ1) is 31.7. The molecule has 0 unspecified atom stereocenters. The molecule has 10 aromatic carbocycles. The van der Waals surface area contributed by atoms with E-state index in [9.17, 15) is 0 Å². The monoisotopic (exact) mass is 816 g/mol. The molecule has 1 aliphatic carbocycles. The molecule has 2 aliphatic rings. The van der Waals surface area contributed by atoms with Gasteiger partial charge in [0.25, 0.3) is 0 Å². The Kier molecular flexibility index (Phi) is 8.13. The van der Waals surface area contributed by atoms with E-state index in [-0.39, 0.29) is 0 Å². The molecule has 3 nitrogen and oxygen atoms in total. The van der Waals surface area contributed by atoms with Gasteiger partial charge in [-0.15, -0.1) is 0 Å². The maximum Gasteiger partial charge on any atom is 0.134 e. The first-order valence-corrected chi connectivity index (χ1v) is 22.0. The van der Waals surface area contributed by atoms with Gasteiger partial charge in [-0.25, -0.2) is 0 Å². The summed E-state index contributed by atoms with van der Waals surface area (Å²) >= 11 is 0. The van der Waals surface area contributed by atoms with Crippen LogP contribution in [-0.2, 0) is 5.41 Å². The van der Waals surface area contributed by atoms with Crippen LogP contribution in [0.15, 0.2) is 247 Å². The predicted octanol–water partition coefficient (Wildman–Crippen LogP) is 16.5. The quantitative estimate of drug-likeness (QED) is 0.167. The van der Waals surface area contributed by atoms with Gasteiger partial charge in [-0.05, 0) is 128 Å². The van der Waals surface area contributed by atoms with Crippen LogP contribution in [0.4, 0.5) is 34.1 Å². The summed E-state index contributed by atoms with van der Waals surface area (Å²) in [5.74, 6) is 0. The van der Waals surface area contributed by atoms with Crippen molar-refractivity contribution in [3.63, 3.8) is 0 Å². The first-order valence-electron chi connectivity index (χ1n) is 22.0. The van der Waals surface area contributed by atoms with Crippen LogP contribution in [0.1, 0.15) is 22.3 Å². The van der Waals surface area contributed by atoms with Crippen LogP contribution in [0.25, 0.3) is 55.1 Å². The molecule has 0 bridgehead atoms. The highest BCUT2D eigenvalue weighted by Gasteiger charge is 2.51. The van der Waals surface area contributed by atoms with Gasteiger partial charge in [0.1, 0.15) is 5.58 Å². The van der Waals surface area contributed by atoms with E-state index in [4.69, 9.17) is 4.42 Å². The molecule has 1 aliphatic heterocycles. The Labute approximate surface area is 372 Å². The second-order valence-electron chi connectivity index (χ2n) is 16.9. The van der Waals surface area contributed by atoms with E-state index >= 15 is 0 Å². The topological polar surface area (TPSA) is 19.6 Å². The second kappa shape index (κ2) is 14.3. The van der Waals surface area contributed by atoms with Crippen LogP contribution in [0.3, 0.4) is 0 Å². The molecule has 0 radical (unpaired) electrons. The number of para-hydroxylation sites is 3. The van der Waals surface area contributed by atoms with Gasteiger partial charge in [0.05, 0.1) is 23.1 Å². The van der Waals surface area contributed by atoms with Gasteiger partial charge in [0.15, 0.2) is 0 Å². The van der Waals surface area contributed by atoms with Gasteiger partial charge in [-0.2, -0.15) is 0 Å². The Morgan fingerprint density at radius 3 is 1.70 bits per heavy atom. The van der Waals surface area contributed by atoms with Gasteiger partial charge in [-0.1, -0.05) is 170 Å². The average molecular weight is 817 g/mol. The highest BCUT2D eigenvalue weighted by Crippen LogP contribution is 2.64.